The van der Waals surface area contributed by atoms with Crippen molar-refractivity contribution in [2.45, 2.75) is 93.9 Å². The summed E-state index contributed by atoms with van der Waals surface area (Å²) in [6.07, 6.45) is 9.77. The molecule has 1 saturated heterocycles. The Morgan fingerprint density at radius 2 is 1.31 bits per heavy atom. The quantitative estimate of drug-likeness (QED) is 0.201. The number of nitrogens with zero attached hydrogens (tertiary/aromatic N) is 2. The third-order valence-electron chi connectivity index (χ3n) is 8.39. The first-order valence-electron chi connectivity index (χ1n) is 17.1. The predicted octanol–water partition coefficient (Wildman–Crippen LogP) is 4.05. The number of carbonyl (C=O) groups excluding carboxylic acids is 3. The van der Waals surface area contributed by atoms with E-state index in [1.165, 1.54) is 24.3 Å². The van der Waals surface area contributed by atoms with Crippen molar-refractivity contribution in [3.05, 3.63) is 77.2 Å². The number of amides is 5. The molecular formula is C34H47N7O8S2. The van der Waals surface area contributed by atoms with E-state index >= 15 is 0 Å². The van der Waals surface area contributed by atoms with Gasteiger partial charge in [0, 0.05) is 31.7 Å². The van der Waals surface area contributed by atoms with Crippen molar-refractivity contribution in [1.29, 1.82) is 0 Å². The highest BCUT2D eigenvalue weighted by Gasteiger charge is 2.22. The number of rotatable bonds is 10. The normalized spacial score (nSPS) is 15.7. The second-order valence-corrected chi connectivity index (χ2v) is 16.0. The van der Waals surface area contributed by atoms with Crippen molar-refractivity contribution in [2.75, 3.05) is 19.6 Å². The van der Waals surface area contributed by atoms with E-state index in [0.29, 0.717) is 18.7 Å². The van der Waals surface area contributed by atoms with E-state index in [1.54, 1.807) is 42.3 Å². The Labute approximate surface area is 299 Å². The number of hydrogen-bond acceptors (Lipinski definition) is 10. The number of benzene rings is 2. The maximum absolute atomic E-state index is 12.4. The van der Waals surface area contributed by atoms with Gasteiger partial charge >= 0.3 is 12.1 Å². The summed E-state index contributed by atoms with van der Waals surface area (Å²) < 4.78 is 57.9. The summed E-state index contributed by atoms with van der Waals surface area (Å²) in [5.41, 5.74) is 4.62. The first kappa shape index (κ1) is 39.3. The predicted molar refractivity (Wildman–Crippen MR) is 190 cm³/mol. The molecule has 15 nitrogen and oxygen atoms in total. The van der Waals surface area contributed by atoms with E-state index in [9.17, 15) is 31.2 Å². The summed E-state index contributed by atoms with van der Waals surface area (Å²) in [4.78, 5) is 35.9. The molecule has 5 N–H and O–H groups in total. The molecule has 2 heterocycles. The number of nitrogens with one attached hydrogen (secondary N) is 5. The summed E-state index contributed by atoms with van der Waals surface area (Å²) in [5, 5.41) is 10.9. The highest BCUT2D eigenvalue weighted by molar-refractivity contribution is 7.90. The second-order valence-electron chi connectivity index (χ2n) is 12.6. The van der Waals surface area contributed by atoms with Crippen molar-refractivity contribution < 1.29 is 35.7 Å². The van der Waals surface area contributed by atoms with Crippen LogP contribution in [0.3, 0.4) is 0 Å². The molecular weight excluding hydrogens is 699 g/mol. The molecule has 51 heavy (non-hydrogen) atoms. The number of aromatic nitrogens is 1. The molecule has 0 bridgehead atoms. The van der Waals surface area contributed by atoms with Crippen LogP contribution >= 0.6 is 0 Å². The maximum Gasteiger partial charge on any atom is 0.343 e. The molecule has 0 unspecified atom stereocenters. The van der Waals surface area contributed by atoms with Crippen molar-refractivity contribution in [3.8, 4) is 0 Å². The second kappa shape index (κ2) is 18.7. The van der Waals surface area contributed by atoms with Crippen LogP contribution in [0.25, 0.3) is 0 Å². The summed E-state index contributed by atoms with van der Waals surface area (Å²) in [6.45, 7) is 5.43. The van der Waals surface area contributed by atoms with Crippen molar-refractivity contribution in [2.24, 2.45) is 0 Å². The van der Waals surface area contributed by atoms with Crippen LogP contribution in [0, 0.1) is 13.8 Å². The van der Waals surface area contributed by atoms with Crippen LogP contribution in [-0.2, 0) is 26.5 Å². The third kappa shape index (κ3) is 13.0. The van der Waals surface area contributed by atoms with Crippen LogP contribution < -0.4 is 25.5 Å². The van der Waals surface area contributed by atoms with Crippen molar-refractivity contribution in [3.63, 3.8) is 0 Å². The maximum atomic E-state index is 12.4. The van der Waals surface area contributed by atoms with Crippen LogP contribution in [0.15, 0.2) is 68.9 Å². The van der Waals surface area contributed by atoms with Crippen LogP contribution in [0.4, 0.5) is 9.59 Å². The lowest BCUT2D eigenvalue weighted by atomic mass is 9.96. The van der Waals surface area contributed by atoms with E-state index in [-0.39, 0.29) is 27.4 Å². The van der Waals surface area contributed by atoms with Gasteiger partial charge in [0.1, 0.15) is 5.76 Å². The van der Waals surface area contributed by atoms with Gasteiger partial charge in [-0.1, -0.05) is 67.1 Å². The first-order chi connectivity index (χ1) is 24.3. The van der Waals surface area contributed by atoms with Gasteiger partial charge in [-0.3, -0.25) is 10.2 Å². The van der Waals surface area contributed by atoms with Gasteiger partial charge in [-0.2, -0.15) is 0 Å². The lowest BCUT2D eigenvalue weighted by Gasteiger charge is -2.22. The van der Waals surface area contributed by atoms with Gasteiger partial charge in [0.15, 0.2) is 5.69 Å². The minimum atomic E-state index is -3.95. The number of sulfonamides is 2. The average Bonchev–Trinajstić information content (AvgIpc) is 3.36. The Kier molecular flexibility index (Phi) is 14.4. The minimum absolute atomic E-state index is 0.00662. The summed E-state index contributed by atoms with van der Waals surface area (Å²) >= 11 is 0. The van der Waals surface area contributed by atoms with Crippen molar-refractivity contribution >= 4 is 38.0 Å². The van der Waals surface area contributed by atoms with E-state index < -0.39 is 32.1 Å². The number of hydrogen-bond donors (Lipinski definition) is 5. The standard InChI is InChI=1S/C20H26N4O5S.C14H21N3O3S/c1-14-13-18(23-29-14)19(25)21-12-11-15-7-9-17(10-8-15)30(27,28)24-20(26)22-16-5-3-2-4-6-16;1-12-6-8-13(9-7-12)21(19,20)16-14(18)15-17-10-4-2-3-5-11-17/h7-10,13,16H,2-6,11-12H2,1H3,(H,21,25)(H2,22,24,26);6-9H,2-5,10-11H2,1H3,(H2,15,16,18). The van der Waals surface area contributed by atoms with Gasteiger partial charge in [-0.15, -0.1) is 0 Å². The minimum Gasteiger partial charge on any atom is -0.361 e. The molecule has 278 valence electrons. The van der Waals surface area contributed by atoms with Gasteiger partial charge < -0.3 is 15.2 Å². The molecule has 2 fully saturated rings. The molecule has 0 spiro atoms. The topological polar surface area (TPSA) is 209 Å². The van der Waals surface area contributed by atoms with Crippen LogP contribution in [0.1, 0.15) is 85.2 Å². The zero-order chi connectivity index (χ0) is 36.9. The molecule has 5 rings (SSSR count). The van der Waals surface area contributed by atoms with Crippen LogP contribution in [0.2, 0.25) is 0 Å². The summed E-state index contributed by atoms with van der Waals surface area (Å²) in [6, 6.07) is 12.7. The SMILES string of the molecule is Cc1cc(C(=O)NCCc2ccc(S(=O)(=O)NC(=O)NC3CCCCC3)cc2)no1.Cc1ccc(S(=O)(=O)NC(=O)NN2CCCCCC2)cc1. The summed E-state index contributed by atoms with van der Waals surface area (Å²) in [5.74, 6) is 0.220. The van der Waals surface area contributed by atoms with E-state index in [2.05, 4.69) is 25.9 Å². The molecule has 2 aromatic carbocycles. The van der Waals surface area contributed by atoms with E-state index in [0.717, 1.165) is 82.0 Å². The first-order valence-corrected chi connectivity index (χ1v) is 20.1. The monoisotopic (exact) mass is 745 g/mol. The molecule has 3 aromatic rings. The van der Waals surface area contributed by atoms with Gasteiger partial charge in [0.05, 0.1) is 9.79 Å². The fourth-order valence-corrected chi connectivity index (χ4v) is 7.43. The van der Waals surface area contributed by atoms with E-state index in [4.69, 9.17) is 4.52 Å². The zero-order valence-electron chi connectivity index (χ0n) is 28.9. The Balaban J connectivity index is 0.000000244. The molecule has 5 amide bonds. The van der Waals surface area contributed by atoms with Crippen LogP contribution in [-0.4, -0.2) is 70.6 Å². The van der Waals surface area contributed by atoms with Gasteiger partial charge in [-0.05, 0) is 75.8 Å². The molecule has 0 radical (unpaired) electrons. The smallest absolute Gasteiger partial charge is 0.343 e. The molecule has 1 aromatic heterocycles. The van der Waals surface area contributed by atoms with E-state index in [1.807, 2.05) is 11.6 Å². The van der Waals surface area contributed by atoms with Gasteiger partial charge in [0.2, 0.25) is 0 Å². The molecule has 1 aliphatic carbocycles. The average molecular weight is 746 g/mol. The number of urea groups is 2. The molecule has 0 atom stereocenters. The zero-order valence-corrected chi connectivity index (χ0v) is 30.6. The molecule has 1 aliphatic heterocycles. The lowest BCUT2D eigenvalue weighted by molar-refractivity contribution is 0.0945. The molecule has 2 aliphatic rings. The fraction of sp³-hybridized carbons (Fsp3) is 0.471. The Morgan fingerprint density at radius 3 is 1.88 bits per heavy atom. The summed E-state index contributed by atoms with van der Waals surface area (Å²) in [7, 11) is -7.77. The number of aryl methyl sites for hydroxylation is 2. The third-order valence-corrected chi connectivity index (χ3v) is 11.1. The highest BCUT2D eigenvalue weighted by Crippen LogP contribution is 2.18. The Morgan fingerprint density at radius 1 is 0.765 bits per heavy atom. The largest absolute Gasteiger partial charge is 0.361 e. The molecule has 1 saturated carbocycles. The van der Waals surface area contributed by atoms with Crippen LogP contribution in [0.5, 0.6) is 0 Å². The Hall–Kier alpha value is -4.48. The number of hydrazine groups is 1. The number of carbonyl (C=O) groups is 3. The Bertz CT molecular complexity index is 1820. The van der Waals surface area contributed by atoms with Gasteiger partial charge in [0.25, 0.3) is 26.0 Å². The fourth-order valence-electron chi connectivity index (χ4n) is 5.61. The lowest BCUT2D eigenvalue weighted by Crippen LogP contribution is -2.49. The van der Waals surface area contributed by atoms with Gasteiger partial charge in [-0.25, -0.2) is 40.9 Å². The highest BCUT2D eigenvalue weighted by atomic mass is 32.2. The van der Waals surface area contributed by atoms with Crippen molar-refractivity contribution in [1.82, 2.24) is 35.7 Å². The molecule has 17 heteroatoms.